The largest absolute Gasteiger partial charge is 0.394 e. The highest BCUT2D eigenvalue weighted by Crippen LogP contribution is 2.19. The zero-order valence-corrected chi connectivity index (χ0v) is 48.4. The van der Waals surface area contributed by atoms with Crippen molar-refractivity contribution in [3.63, 3.8) is 0 Å². The molecule has 0 bridgehead atoms. The number of amides is 1. The molecule has 0 aromatic rings. The van der Waals surface area contributed by atoms with Crippen molar-refractivity contribution in [1.29, 1.82) is 0 Å². The molecule has 3 unspecified atom stereocenters. The van der Waals surface area contributed by atoms with Gasteiger partial charge in [0.15, 0.2) is 0 Å². The number of hydrogen-bond acceptors (Lipinski definition) is 4. The average molecular weight is 1000 g/mol. The first kappa shape index (κ1) is 69.8. The molecular weight excluding hydrogens is 871 g/mol. The molecule has 0 aliphatic rings. The lowest BCUT2D eigenvalue weighted by molar-refractivity contribution is -0.124. The number of unbranched alkanes of at least 4 members (excludes halogenated alkanes) is 50. The van der Waals surface area contributed by atoms with Crippen LogP contribution in [-0.4, -0.2) is 46.1 Å². The van der Waals surface area contributed by atoms with E-state index >= 15 is 0 Å². The van der Waals surface area contributed by atoms with Crippen LogP contribution >= 0.6 is 0 Å². The van der Waals surface area contributed by atoms with E-state index in [1.165, 1.54) is 315 Å². The lowest BCUT2D eigenvalue weighted by Gasteiger charge is -2.21. The van der Waals surface area contributed by atoms with Crippen LogP contribution in [0.15, 0.2) is 24.3 Å². The lowest BCUT2D eigenvalue weighted by atomic mass is 10.0. The summed E-state index contributed by atoms with van der Waals surface area (Å²) in [5.41, 5.74) is 0. The summed E-state index contributed by atoms with van der Waals surface area (Å²) in [5.74, 6) is -0.308. The summed E-state index contributed by atoms with van der Waals surface area (Å²) in [4.78, 5) is 12.6. The minimum atomic E-state index is -0.929. The summed E-state index contributed by atoms with van der Waals surface area (Å²) >= 11 is 0. The Balaban J connectivity index is 3.50. The van der Waals surface area contributed by atoms with Gasteiger partial charge >= 0.3 is 0 Å². The van der Waals surface area contributed by atoms with E-state index in [2.05, 4.69) is 31.3 Å². The van der Waals surface area contributed by atoms with Gasteiger partial charge in [0.25, 0.3) is 0 Å². The van der Waals surface area contributed by atoms with Crippen molar-refractivity contribution < 1.29 is 20.1 Å². The molecular formula is C66H129NO4. The van der Waals surface area contributed by atoms with Gasteiger partial charge in [-0.2, -0.15) is 0 Å². The fraction of sp³-hybridized carbons (Fsp3) is 0.924. The van der Waals surface area contributed by atoms with Crippen molar-refractivity contribution in [2.24, 2.45) is 0 Å². The molecule has 4 N–H and O–H groups in total. The topological polar surface area (TPSA) is 89.8 Å². The molecule has 0 radical (unpaired) electrons. The molecule has 1 amide bonds. The van der Waals surface area contributed by atoms with Gasteiger partial charge in [-0.05, 0) is 44.9 Å². The van der Waals surface area contributed by atoms with Gasteiger partial charge in [-0.3, -0.25) is 4.79 Å². The minimum absolute atomic E-state index is 0.0175. The van der Waals surface area contributed by atoms with E-state index in [9.17, 15) is 20.1 Å². The van der Waals surface area contributed by atoms with Crippen LogP contribution in [-0.2, 0) is 4.79 Å². The number of hydrogen-bond donors (Lipinski definition) is 4. The Morgan fingerprint density at radius 3 is 0.859 bits per heavy atom. The molecule has 0 aliphatic heterocycles. The Labute approximate surface area is 445 Å². The van der Waals surface area contributed by atoms with Gasteiger partial charge in [0.05, 0.1) is 31.3 Å². The molecule has 0 saturated carbocycles. The van der Waals surface area contributed by atoms with E-state index in [-0.39, 0.29) is 18.9 Å². The zero-order valence-electron chi connectivity index (χ0n) is 48.4. The quantitative estimate of drug-likeness (QED) is 0.0361. The van der Waals surface area contributed by atoms with Crippen molar-refractivity contribution in [2.75, 3.05) is 6.61 Å². The number of aliphatic hydroxyl groups excluding tert-OH is 3. The standard InChI is InChI=1S/C66H129NO4/c1-3-5-7-9-11-13-15-17-19-21-23-25-27-29-30-31-32-33-34-36-37-39-41-43-45-47-49-51-53-55-57-59-63(69)61-66(71)67-64(62-68)65(70)60-58-56-54-52-50-48-46-44-42-40-38-35-28-26-24-22-20-18-16-14-12-10-8-6-4-2/h29-30,58,60,63-65,68-70H,3-28,31-57,59,61-62H2,1-2H3,(H,67,71)/b30-29-,60-58+. The number of rotatable bonds is 61. The first-order valence-electron chi connectivity index (χ1n) is 32.6. The molecule has 71 heavy (non-hydrogen) atoms. The van der Waals surface area contributed by atoms with E-state index < -0.39 is 18.2 Å². The normalized spacial score (nSPS) is 13.3. The molecule has 0 aromatic heterocycles. The second kappa shape index (κ2) is 61.4. The monoisotopic (exact) mass is 1000 g/mol. The van der Waals surface area contributed by atoms with E-state index in [0.29, 0.717) is 6.42 Å². The summed E-state index contributed by atoms with van der Waals surface area (Å²) in [5, 5.41) is 33.6. The predicted octanol–water partition coefficient (Wildman–Crippen LogP) is 20.8. The average Bonchev–Trinajstić information content (AvgIpc) is 3.37. The van der Waals surface area contributed by atoms with E-state index in [1.54, 1.807) is 6.08 Å². The first-order chi connectivity index (χ1) is 35.0. The van der Waals surface area contributed by atoms with Crippen molar-refractivity contribution in [3.8, 4) is 0 Å². The van der Waals surface area contributed by atoms with Crippen LogP contribution in [0.2, 0.25) is 0 Å². The van der Waals surface area contributed by atoms with Gasteiger partial charge in [-0.15, -0.1) is 0 Å². The zero-order chi connectivity index (χ0) is 51.4. The van der Waals surface area contributed by atoms with Gasteiger partial charge < -0.3 is 20.6 Å². The summed E-state index contributed by atoms with van der Waals surface area (Å²) in [7, 11) is 0. The maximum Gasteiger partial charge on any atom is 0.222 e. The second-order valence-electron chi connectivity index (χ2n) is 22.7. The Bertz CT molecular complexity index is 1060. The third kappa shape index (κ3) is 58.0. The van der Waals surface area contributed by atoms with Crippen LogP contribution in [0, 0.1) is 0 Å². The van der Waals surface area contributed by atoms with Gasteiger partial charge in [0.2, 0.25) is 5.91 Å². The number of aliphatic hydroxyl groups is 3. The molecule has 3 atom stereocenters. The van der Waals surface area contributed by atoms with Crippen LogP contribution in [0.4, 0.5) is 0 Å². The van der Waals surface area contributed by atoms with Crippen molar-refractivity contribution in [1.82, 2.24) is 5.32 Å². The van der Waals surface area contributed by atoms with Gasteiger partial charge in [-0.25, -0.2) is 0 Å². The molecule has 0 heterocycles. The maximum atomic E-state index is 12.6. The third-order valence-corrected chi connectivity index (χ3v) is 15.5. The summed E-state index contributed by atoms with van der Waals surface area (Å²) in [6, 6.07) is -0.744. The molecule has 0 rings (SSSR count). The van der Waals surface area contributed by atoms with Crippen LogP contribution in [0.1, 0.15) is 367 Å². The smallest absolute Gasteiger partial charge is 0.222 e. The molecule has 0 aromatic carbocycles. The van der Waals surface area contributed by atoms with Gasteiger partial charge in [-0.1, -0.05) is 340 Å². The van der Waals surface area contributed by atoms with Crippen LogP contribution in [0.5, 0.6) is 0 Å². The molecule has 0 aliphatic carbocycles. The number of nitrogens with one attached hydrogen (secondary N) is 1. The van der Waals surface area contributed by atoms with E-state index in [0.717, 1.165) is 25.7 Å². The highest BCUT2D eigenvalue weighted by atomic mass is 16.3. The molecule has 0 fully saturated rings. The molecule has 5 heteroatoms. The molecule has 0 saturated heterocycles. The van der Waals surface area contributed by atoms with Crippen LogP contribution in [0.25, 0.3) is 0 Å². The Hall–Kier alpha value is -1.17. The lowest BCUT2D eigenvalue weighted by Crippen LogP contribution is -2.45. The van der Waals surface area contributed by atoms with Gasteiger partial charge in [0.1, 0.15) is 0 Å². The summed E-state index contributed by atoms with van der Waals surface area (Å²) < 4.78 is 0. The first-order valence-corrected chi connectivity index (χ1v) is 32.6. The molecule has 422 valence electrons. The Morgan fingerprint density at radius 2 is 0.592 bits per heavy atom. The Morgan fingerprint density at radius 1 is 0.352 bits per heavy atom. The highest BCUT2D eigenvalue weighted by Gasteiger charge is 2.20. The SMILES string of the molecule is CCCCCCCCCCCCCC/C=C\CCCCCCCCCCCCCCCCCC(O)CC(=O)NC(CO)C(O)/C=C/CCCCCCCCCCCCCCCCCCCCCCCCC. The number of carbonyl (C=O) groups is 1. The predicted molar refractivity (Wildman–Crippen MR) is 315 cm³/mol. The number of allylic oxidation sites excluding steroid dienone is 3. The van der Waals surface area contributed by atoms with E-state index in [1.807, 2.05) is 6.08 Å². The Kier molecular flexibility index (Phi) is 60.4. The van der Waals surface area contributed by atoms with Crippen molar-refractivity contribution in [3.05, 3.63) is 24.3 Å². The van der Waals surface area contributed by atoms with Gasteiger partial charge in [0, 0.05) is 0 Å². The maximum absolute atomic E-state index is 12.6. The summed E-state index contributed by atoms with van der Waals surface area (Å²) in [6.07, 6.45) is 79.8. The molecule has 5 nitrogen and oxygen atoms in total. The van der Waals surface area contributed by atoms with Crippen LogP contribution in [0.3, 0.4) is 0 Å². The fourth-order valence-electron chi connectivity index (χ4n) is 10.5. The second-order valence-corrected chi connectivity index (χ2v) is 22.7. The highest BCUT2D eigenvalue weighted by molar-refractivity contribution is 5.76. The molecule has 0 spiro atoms. The van der Waals surface area contributed by atoms with Crippen molar-refractivity contribution in [2.45, 2.75) is 385 Å². The number of carbonyl (C=O) groups excluding carboxylic acids is 1. The fourth-order valence-corrected chi connectivity index (χ4v) is 10.5. The third-order valence-electron chi connectivity index (χ3n) is 15.5. The minimum Gasteiger partial charge on any atom is -0.394 e. The van der Waals surface area contributed by atoms with Crippen molar-refractivity contribution >= 4 is 5.91 Å². The summed E-state index contributed by atoms with van der Waals surface area (Å²) in [6.45, 7) is 4.26. The van der Waals surface area contributed by atoms with E-state index in [4.69, 9.17) is 0 Å². The van der Waals surface area contributed by atoms with Crippen LogP contribution < -0.4 is 5.32 Å².